The van der Waals surface area contributed by atoms with Crippen molar-refractivity contribution in [3.63, 3.8) is 0 Å². The summed E-state index contributed by atoms with van der Waals surface area (Å²) in [5, 5.41) is 5.39. The minimum Gasteiger partial charge on any atom is -0.126 e. The van der Waals surface area contributed by atoms with Crippen molar-refractivity contribution < 1.29 is 23.9 Å². The third kappa shape index (κ3) is 5.51. The molecule has 0 saturated heterocycles. The van der Waals surface area contributed by atoms with Crippen molar-refractivity contribution in [2.45, 2.75) is 38.5 Å². The molecule has 0 spiro atoms. The van der Waals surface area contributed by atoms with E-state index in [1.54, 1.807) is 0 Å². The summed E-state index contributed by atoms with van der Waals surface area (Å²) in [4.78, 5) is 0. The molecule has 124 valence electrons. The van der Waals surface area contributed by atoms with Gasteiger partial charge >= 0.3 is 59.3 Å². The van der Waals surface area contributed by atoms with Gasteiger partial charge in [-0.2, -0.15) is 6.08 Å². The summed E-state index contributed by atoms with van der Waals surface area (Å²) in [6.07, 6.45) is 17.4. The van der Waals surface area contributed by atoms with Crippen LogP contribution in [0.5, 0.6) is 0 Å². The fourth-order valence-corrected chi connectivity index (χ4v) is 4.49. The SMILES string of the molecule is [C-]1=CC=CC1.[Hf+2]=[C]1CCCCC1.c1ccc2c(c1)[cH-]c1ccccc12. The van der Waals surface area contributed by atoms with E-state index in [1.165, 1.54) is 77.5 Å². The smallest absolute Gasteiger partial charge is 0.0771 e. The molecule has 0 atom stereocenters. The van der Waals surface area contributed by atoms with Crippen LogP contribution in [0, 0.1) is 6.08 Å². The quantitative estimate of drug-likeness (QED) is 0.243. The average molecular weight is 491 g/mol. The molecule has 3 aromatic rings. The van der Waals surface area contributed by atoms with Crippen molar-refractivity contribution in [3.05, 3.63) is 78.9 Å². The Hall–Kier alpha value is -1.47. The molecule has 1 saturated carbocycles. The normalized spacial score (nSPS) is 15.7. The van der Waals surface area contributed by atoms with Crippen molar-refractivity contribution in [3.8, 4) is 0 Å². The van der Waals surface area contributed by atoms with Crippen LogP contribution in [0.1, 0.15) is 38.5 Å². The van der Waals surface area contributed by atoms with Crippen LogP contribution in [0.15, 0.2) is 72.8 Å². The molecular weight excluding hydrogens is 467 g/mol. The van der Waals surface area contributed by atoms with E-state index in [4.69, 9.17) is 0 Å². The van der Waals surface area contributed by atoms with Crippen molar-refractivity contribution in [1.29, 1.82) is 0 Å². The molecule has 0 heterocycles. The van der Waals surface area contributed by atoms with Gasteiger partial charge < -0.3 is 0 Å². The Balaban J connectivity index is 0.000000127. The summed E-state index contributed by atoms with van der Waals surface area (Å²) in [6.45, 7) is 0. The average Bonchev–Trinajstić information content (AvgIpc) is 3.34. The van der Waals surface area contributed by atoms with Crippen LogP contribution in [0.2, 0.25) is 0 Å². The molecule has 0 aliphatic heterocycles. The van der Waals surface area contributed by atoms with Gasteiger partial charge in [0.2, 0.25) is 0 Å². The number of fused-ring (bicyclic) bond motifs is 3. The Morgan fingerprint density at radius 3 is 1.80 bits per heavy atom. The van der Waals surface area contributed by atoms with E-state index in [2.05, 4.69) is 66.7 Å². The number of rotatable bonds is 0. The van der Waals surface area contributed by atoms with E-state index < -0.39 is 0 Å². The first-order chi connectivity index (χ1) is 12.3. The second-order valence-electron chi connectivity index (χ2n) is 6.49. The number of allylic oxidation sites excluding steroid dienone is 4. The second kappa shape index (κ2) is 9.87. The molecule has 0 N–H and O–H groups in total. The van der Waals surface area contributed by atoms with Gasteiger partial charge in [0.05, 0.1) is 0 Å². The summed E-state index contributed by atoms with van der Waals surface area (Å²) in [7, 11) is 0. The maximum Gasteiger partial charge on any atom is -0.0771 e. The Bertz CT molecular complexity index is 811. The van der Waals surface area contributed by atoms with Crippen LogP contribution in [-0.4, -0.2) is 3.26 Å². The molecule has 1 heteroatoms. The van der Waals surface area contributed by atoms with E-state index >= 15 is 0 Å². The summed E-state index contributed by atoms with van der Waals surface area (Å²) < 4.78 is 1.85. The molecule has 2 aliphatic carbocycles. The van der Waals surface area contributed by atoms with E-state index in [-0.39, 0.29) is 0 Å². The molecule has 5 rings (SSSR count). The van der Waals surface area contributed by atoms with Gasteiger partial charge in [-0.3, -0.25) is 6.08 Å². The fourth-order valence-electron chi connectivity index (χ4n) is 3.22. The Kier molecular flexibility index (Phi) is 7.23. The molecule has 25 heavy (non-hydrogen) atoms. The Labute approximate surface area is 165 Å². The minimum atomic E-state index is 1.01. The van der Waals surface area contributed by atoms with Gasteiger partial charge in [-0.1, -0.05) is 36.4 Å². The number of hydrogen-bond donors (Lipinski definition) is 0. The summed E-state index contributed by atoms with van der Waals surface area (Å²) >= 11 is 1.37. The summed E-state index contributed by atoms with van der Waals surface area (Å²) in [5.74, 6) is 0. The molecule has 0 bridgehead atoms. The zero-order valence-electron chi connectivity index (χ0n) is 14.7. The van der Waals surface area contributed by atoms with Crippen LogP contribution in [0.25, 0.3) is 21.5 Å². The first-order valence-electron chi connectivity index (χ1n) is 9.16. The summed E-state index contributed by atoms with van der Waals surface area (Å²) in [6, 6.07) is 19.3. The van der Waals surface area contributed by atoms with Crippen LogP contribution in [0.3, 0.4) is 0 Å². The van der Waals surface area contributed by atoms with Gasteiger partial charge in [-0.15, -0.1) is 46.2 Å². The standard InChI is InChI=1S/C13H9.C6H10.C5H5.Hf/c1-3-7-12-10(5-1)9-11-6-2-4-8-13(11)12;1-2-4-6-5-3-1;1-2-4-5-3-1;/h1-9H;1-5H2;1-3H,4H2;/q-1;;-1;+2. The maximum absolute atomic E-state index is 2.99. The topological polar surface area (TPSA) is 0 Å². The second-order valence-corrected chi connectivity index (χ2v) is 9.03. The van der Waals surface area contributed by atoms with E-state index in [0.717, 1.165) is 6.42 Å². The van der Waals surface area contributed by atoms with Gasteiger partial charge in [0.1, 0.15) is 0 Å². The monoisotopic (exact) mass is 492 g/mol. The zero-order chi connectivity index (χ0) is 17.3. The number of benzene rings is 2. The molecule has 0 aromatic heterocycles. The van der Waals surface area contributed by atoms with Crippen LogP contribution < -0.4 is 0 Å². The first-order valence-corrected chi connectivity index (χ1v) is 11.0. The van der Waals surface area contributed by atoms with Gasteiger partial charge in [-0.25, -0.2) is 12.2 Å². The Morgan fingerprint density at radius 2 is 1.40 bits per heavy atom. The molecular formula is C24H24Hf. The predicted octanol–water partition coefficient (Wildman–Crippen LogP) is 6.69. The fraction of sp³-hybridized carbons (Fsp3) is 0.250. The van der Waals surface area contributed by atoms with Crippen LogP contribution in [0.4, 0.5) is 0 Å². The van der Waals surface area contributed by atoms with Gasteiger partial charge in [-0.05, 0) is 0 Å². The third-order valence-electron chi connectivity index (χ3n) is 4.57. The zero-order valence-corrected chi connectivity index (χ0v) is 18.3. The van der Waals surface area contributed by atoms with Crippen molar-refractivity contribution in [2.24, 2.45) is 0 Å². The molecule has 0 amide bonds. The van der Waals surface area contributed by atoms with E-state index in [0.29, 0.717) is 0 Å². The Morgan fingerprint density at radius 1 is 0.800 bits per heavy atom. The van der Waals surface area contributed by atoms with E-state index in [9.17, 15) is 0 Å². The van der Waals surface area contributed by atoms with Crippen molar-refractivity contribution in [2.75, 3.05) is 0 Å². The van der Waals surface area contributed by atoms with Crippen LogP contribution in [-0.2, 0) is 23.9 Å². The van der Waals surface area contributed by atoms with Crippen molar-refractivity contribution >= 4 is 24.8 Å². The van der Waals surface area contributed by atoms with Gasteiger partial charge in [0.15, 0.2) is 0 Å². The molecule has 0 unspecified atom stereocenters. The number of hydrogen-bond acceptors (Lipinski definition) is 0. The molecule has 3 aromatic carbocycles. The van der Waals surface area contributed by atoms with Gasteiger partial charge in [0, 0.05) is 0 Å². The molecule has 0 nitrogen and oxygen atoms in total. The summed E-state index contributed by atoms with van der Waals surface area (Å²) in [5.41, 5.74) is 0. The van der Waals surface area contributed by atoms with Crippen LogP contribution >= 0.6 is 0 Å². The molecule has 2 aliphatic rings. The molecule has 0 radical (unpaired) electrons. The minimum absolute atomic E-state index is 1.01. The van der Waals surface area contributed by atoms with E-state index in [1.807, 2.05) is 15.4 Å². The predicted molar refractivity (Wildman–Crippen MR) is 107 cm³/mol. The van der Waals surface area contributed by atoms with Gasteiger partial charge in [0.25, 0.3) is 0 Å². The maximum atomic E-state index is 2.99. The first kappa shape index (κ1) is 18.3. The third-order valence-corrected chi connectivity index (χ3v) is 6.36. The van der Waals surface area contributed by atoms with Crippen molar-refractivity contribution in [1.82, 2.24) is 0 Å². The largest absolute Gasteiger partial charge is 0.126 e. The molecule has 1 fully saturated rings.